The Kier molecular flexibility index (Phi) is 3.13. The van der Waals surface area contributed by atoms with Crippen LogP contribution < -0.4 is 10.5 Å². The van der Waals surface area contributed by atoms with Crippen LogP contribution in [0.4, 0.5) is 5.69 Å². The topological polar surface area (TPSA) is 81.9 Å². The number of carbonyl (C=O) groups excluding carboxylic acids is 2. The first kappa shape index (κ1) is 13.9. The fourth-order valence-corrected chi connectivity index (χ4v) is 2.80. The van der Waals surface area contributed by atoms with E-state index >= 15 is 0 Å². The maximum Gasteiger partial charge on any atom is 0.235 e. The predicted molar refractivity (Wildman–Crippen MR) is 75.1 cm³/mol. The number of carbonyl (C=O) groups is 2. The average molecular weight is 290 g/mol. The van der Waals surface area contributed by atoms with E-state index in [0.29, 0.717) is 18.0 Å². The van der Waals surface area contributed by atoms with Gasteiger partial charge in [-0.1, -0.05) is 13.8 Å². The summed E-state index contributed by atoms with van der Waals surface area (Å²) in [6.07, 6.45) is 0.236. The van der Waals surface area contributed by atoms with Crippen molar-refractivity contribution in [3.8, 4) is 5.75 Å². The fraction of sp³-hybridized carbons (Fsp3) is 0.467. The Bertz CT molecular complexity index is 624. The quantitative estimate of drug-likeness (QED) is 0.658. The van der Waals surface area contributed by atoms with E-state index in [9.17, 15) is 9.59 Å². The van der Waals surface area contributed by atoms with Crippen molar-refractivity contribution in [3.63, 3.8) is 0 Å². The number of nitrogen functional groups attached to an aromatic ring is 1. The van der Waals surface area contributed by atoms with E-state index in [0.717, 1.165) is 11.1 Å². The van der Waals surface area contributed by atoms with Crippen molar-refractivity contribution in [1.82, 2.24) is 4.90 Å². The van der Waals surface area contributed by atoms with E-state index in [4.69, 9.17) is 15.2 Å². The molecule has 2 aliphatic rings. The lowest BCUT2D eigenvalue weighted by Gasteiger charge is -2.24. The number of rotatable bonds is 2. The van der Waals surface area contributed by atoms with E-state index in [-0.39, 0.29) is 31.6 Å². The molecule has 0 aromatic heterocycles. The molecule has 1 aromatic rings. The first-order chi connectivity index (χ1) is 9.88. The van der Waals surface area contributed by atoms with Crippen LogP contribution in [0.25, 0.3) is 0 Å². The smallest absolute Gasteiger partial charge is 0.235 e. The molecular formula is C15H18N2O4. The summed E-state index contributed by atoms with van der Waals surface area (Å²) in [6, 6.07) is 3.53. The molecule has 21 heavy (non-hydrogen) atoms. The Morgan fingerprint density at radius 2 is 2.10 bits per heavy atom. The highest BCUT2D eigenvalue weighted by molar-refractivity contribution is 6.05. The summed E-state index contributed by atoms with van der Waals surface area (Å²) in [5.74, 6) is 0.352. The van der Waals surface area contributed by atoms with Gasteiger partial charge in [-0.3, -0.25) is 14.5 Å². The molecule has 2 aliphatic heterocycles. The monoisotopic (exact) mass is 290 g/mol. The lowest BCUT2D eigenvalue weighted by molar-refractivity contribution is -0.141. The van der Waals surface area contributed by atoms with Crippen LogP contribution in [-0.4, -0.2) is 23.5 Å². The van der Waals surface area contributed by atoms with Crippen LogP contribution in [0, 0.1) is 5.41 Å². The van der Waals surface area contributed by atoms with E-state index in [1.165, 1.54) is 4.90 Å². The standard InChI is InChI=1S/C15H18N2O4/c1-15(2)5-12(18)17(14(15)19)6-9-3-11(16)4-10-7-20-8-21-13(9)10/h3-4H,5-8,16H2,1-2H3. The van der Waals surface area contributed by atoms with Crippen LogP contribution in [0.5, 0.6) is 5.75 Å². The van der Waals surface area contributed by atoms with Crippen molar-refractivity contribution < 1.29 is 19.1 Å². The van der Waals surface area contributed by atoms with Gasteiger partial charge in [0.05, 0.1) is 18.6 Å². The third-order valence-electron chi connectivity index (χ3n) is 3.86. The van der Waals surface area contributed by atoms with Gasteiger partial charge in [-0.2, -0.15) is 0 Å². The van der Waals surface area contributed by atoms with Gasteiger partial charge in [-0.05, 0) is 12.1 Å². The molecule has 0 unspecified atom stereocenters. The number of nitrogens with two attached hydrogens (primary N) is 1. The molecule has 2 N–H and O–H groups in total. The maximum absolute atomic E-state index is 12.3. The molecule has 0 atom stereocenters. The SMILES string of the molecule is CC1(C)CC(=O)N(Cc2cc(N)cc3c2OCOC3)C1=O. The zero-order chi connectivity index (χ0) is 15.2. The number of ether oxygens (including phenoxy) is 2. The van der Waals surface area contributed by atoms with Gasteiger partial charge in [-0.15, -0.1) is 0 Å². The number of fused-ring (bicyclic) bond motifs is 1. The van der Waals surface area contributed by atoms with Crippen molar-refractivity contribution >= 4 is 17.5 Å². The number of hydrogen-bond acceptors (Lipinski definition) is 5. The predicted octanol–water partition coefficient (Wildman–Crippen LogP) is 1.42. The second-order valence-corrected chi connectivity index (χ2v) is 6.12. The van der Waals surface area contributed by atoms with Crippen LogP contribution >= 0.6 is 0 Å². The number of anilines is 1. The number of likely N-dealkylation sites (tertiary alicyclic amines) is 1. The average Bonchev–Trinajstić information content (AvgIpc) is 2.60. The van der Waals surface area contributed by atoms with Crippen LogP contribution in [-0.2, 0) is 27.5 Å². The second-order valence-electron chi connectivity index (χ2n) is 6.12. The Morgan fingerprint density at radius 1 is 1.33 bits per heavy atom. The molecule has 0 aliphatic carbocycles. The molecule has 112 valence electrons. The van der Waals surface area contributed by atoms with Gasteiger partial charge >= 0.3 is 0 Å². The number of nitrogens with zero attached hydrogens (tertiary/aromatic N) is 1. The van der Waals surface area contributed by atoms with Crippen molar-refractivity contribution in [1.29, 1.82) is 0 Å². The van der Waals surface area contributed by atoms with Gasteiger partial charge in [0.1, 0.15) is 5.75 Å². The molecule has 6 nitrogen and oxygen atoms in total. The van der Waals surface area contributed by atoms with Gasteiger partial charge in [0, 0.05) is 23.2 Å². The Morgan fingerprint density at radius 3 is 2.76 bits per heavy atom. The number of amides is 2. The summed E-state index contributed by atoms with van der Waals surface area (Å²) in [6.45, 7) is 4.34. The Labute approximate surface area is 122 Å². The molecule has 3 rings (SSSR count). The normalized spacial score (nSPS) is 20.4. The van der Waals surface area contributed by atoms with Crippen molar-refractivity contribution in [3.05, 3.63) is 23.3 Å². The van der Waals surface area contributed by atoms with Crippen molar-refractivity contribution in [2.45, 2.75) is 33.4 Å². The van der Waals surface area contributed by atoms with E-state index < -0.39 is 5.41 Å². The van der Waals surface area contributed by atoms with Crippen LogP contribution in [0.3, 0.4) is 0 Å². The van der Waals surface area contributed by atoms with Crippen LogP contribution in [0.1, 0.15) is 31.4 Å². The molecule has 0 spiro atoms. The molecule has 1 fully saturated rings. The summed E-state index contributed by atoms with van der Waals surface area (Å²) in [4.78, 5) is 25.7. The highest BCUT2D eigenvalue weighted by Gasteiger charge is 2.44. The lowest BCUT2D eigenvalue weighted by atomic mass is 9.92. The fourth-order valence-electron chi connectivity index (χ4n) is 2.80. The summed E-state index contributed by atoms with van der Waals surface area (Å²) >= 11 is 0. The minimum absolute atomic E-state index is 0.157. The minimum Gasteiger partial charge on any atom is -0.467 e. The Hall–Kier alpha value is -2.08. The van der Waals surface area contributed by atoms with Gasteiger partial charge in [0.25, 0.3) is 0 Å². The molecule has 6 heteroatoms. The maximum atomic E-state index is 12.3. The summed E-state index contributed by atoms with van der Waals surface area (Å²) in [7, 11) is 0. The molecule has 0 saturated carbocycles. The summed E-state index contributed by atoms with van der Waals surface area (Å²) in [5.41, 5.74) is 7.39. The van der Waals surface area contributed by atoms with Gasteiger partial charge in [0.2, 0.25) is 11.8 Å². The number of benzene rings is 1. The van der Waals surface area contributed by atoms with Crippen molar-refractivity contribution in [2.75, 3.05) is 12.5 Å². The molecule has 2 amide bonds. The molecule has 1 saturated heterocycles. The molecule has 0 radical (unpaired) electrons. The van der Waals surface area contributed by atoms with Gasteiger partial charge in [-0.25, -0.2) is 0 Å². The van der Waals surface area contributed by atoms with Gasteiger partial charge in [0.15, 0.2) is 6.79 Å². The largest absolute Gasteiger partial charge is 0.467 e. The number of hydrogen-bond donors (Lipinski definition) is 1. The highest BCUT2D eigenvalue weighted by Crippen LogP contribution is 2.36. The zero-order valence-electron chi connectivity index (χ0n) is 12.1. The van der Waals surface area contributed by atoms with Crippen LogP contribution in [0.2, 0.25) is 0 Å². The van der Waals surface area contributed by atoms with Gasteiger partial charge < -0.3 is 15.2 Å². The first-order valence-electron chi connectivity index (χ1n) is 6.85. The minimum atomic E-state index is -0.637. The zero-order valence-corrected chi connectivity index (χ0v) is 12.1. The Balaban J connectivity index is 1.94. The number of imide groups is 1. The van der Waals surface area contributed by atoms with E-state index in [1.807, 2.05) is 0 Å². The lowest BCUT2D eigenvalue weighted by Crippen LogP contribution is -2.33. The summed E-state index contributed by atoms with van der Waals surface area (Å²) < 4.78 is 10.7. The second kappa shape index (κ2) is 4.73. The van der Waals surface area contributed by atoms with Crippen LogP contribution in [0.15, 0.2) is 12.1 Å². The molecule has 1 aromatic carbocycles. The summed E-state index contributed by atoms with van der Waals surface area (Å²) in [5, 5.41) is 0. The van der Waals surface area contributed by atoms with Crippen molar-refractivity contribution in [2.24, 2.45) is 5.41 Å². The third kappa shape index (κ3) is 2.35. The highest BCUT2D eigenvalue weighted by atomic mass is 16.7. The van der Waals surface area contributed by atoms with E-state index in [2.05, 4.69) is 0 Å². The third-order valence-corrected chi connectivity index (χ3v) is 3.86. The van der Waals surface area contributed by atoms with E-state index in [1.54, 1.807) is 26.0 Å². The first-order valence-corrected chi connectivity index (χ1v) is 6.85. The molecule has 0 bridgehead atoms. The molecular weight excluding hydrogens is 272 g/mol. The molecule has 2 heterocycles.